The molecule has 96 valence electrons. The van der Waals surface area contributed by atoms with Crippen LogP contribution in [0.2, 0.25) is 0 Å². The lowest BCUT2D eigenvalue weighted by molar-refractivity contribution is -0.147. The second kappa shape index (κ2) is 5.65. The minimum atomic E-state index is -1.04. The number of nitrogens with one attached hydrogen (secondary N) is 1. The third kappa shape index (κ3) is 3.44. The van der Waals surface area contributed by atoms with E-state index in [1.807, 2.05) is 6.92 Å². The van der Waals surface area contributed by atoms with E-state index in [1.165, 1.54) is 4.90 Å². The van der Waals surface area contributed by atoms with Gasteiger partial charge >= 0.3 is 5.97 Å². The van der Waals surface area contributed by atoms with Crippen molar-refractivity contribution in [1.82, 2.24) is 10.2 Å². The van der Waals surface area contributed by atoms with Crippen LogP contribution < -0.4 is 5.32 Å². The first-order valence-corrected chi connectivity index (χ1v) is 5.77. The van der Waals surface area contributed by atoms with Crippen molar-refractivity contribution in [1.29, 1.82) is 0 Å². The van der Waals surface area contributed by atoms with E-state index >= 15 is 0 Å². The largest absolute Gasteiger partial charge is 0.480 e. The second-order valence-electron chi connectivity index (χ2n) is 4.28. The van der Waals surface area contributed by atoms with Gasteiger partial charge in [-0.05, 0) is 19.8 Å². The van der Waals surface area contributed by atoms with Crippen LogP contribution in [0.15, 0.2) is 0 Å². The van der Waals surface area contributed by atoms with Gasteiger partial charge in [-0.2, -0.15) is 0 Å². The van der Waals surface area contributed by atoms with E-state index in [1.54, 1.807) is 6.92 Å². The van der Waals surface area contributed by atoms with Crippen LogP contribution in [0.5, 0.6) is 0 Å². The topological polar surface area (TPSA) is 86.7 Å². The molecule has 0 spiro atoms. The van der Waals surface area contributed by atoms with Crippen LogP contribution >= 0.6 is 0 Å². The molecule has 1 rings (SSSR count). The maximum Gasteiger partial charge on any atom is 0.323 e. The maximum absolute atomic E-state index is 12.1. The highest BCUT2D eigenvalue weighted by atomic mass is 16.4. The summed E-state index contributed by atoms with van der Waals surface area (Å²) in [5, 5.41) is 11.4. The molecule has 1 aliphatic rings. The summed E-state index contributed by atoms with van der Waals surface area (Å²) in [5.74, 6) is -1.49. The molecular weight excluding hydrogens is 224 g/mol. The summed E-state index contributed by atoms with van der Waals surface area (Å²) >= 11 is 0. The number of carboxylic acid groups (broad SMARTS) is 1. The van der Waals surface area contributed by atoms with Gasteiger partial charge in [0.25, 0.3) is 0 Å². The molecule has 2 amide bonds. The molecule has 2 N–H and O–H groups in total. The van der Waals surface area contributed by atoms with Gasteiger partial charge in [0.15, 0.2) is 0 Å². The predicted molar refractivity (Wildman–Crippen MR) is 60.3 cm³/mol. The molecule has 1 unspecified atom stereocenters. The molecule has 17 heavy (non-hydrogen) atoms. The SMILES string of the molecule is CCC(C)N(CC(=O)O)C(=O)[C@H]1CCC(=O)N1. The van der Waals surface area contributed by atoms with Crippen molar-refractivity contribution in [2.45, 2.75) is 45.2 Å². The van der Waals surface area contributed by atoms with E-state index in [0.717, 1.165) is 0 Å². The van der Waals surface area contributed by atoms with Crippen LogP contribution in [-0.2, 0) is 14.4 Å². The van der Waals surface area contributed by atoms with Gasteiger partial charge in [0.05, 0.1) is 0 Å². The van der Waals surface area contributed by atoms with Crippen LogP contribution in [0.1, 0.15) is 33.1 Å². The average molecular weight is 242 g/mol. The number of carboxylic acids is 1. The third-order valence-corrected chi connectivity index (χ3v) is 3.00. The van der Waals surface area contributed by atoms with Crippen LogP contribution in [-0.4, -0.2) is 46.4 Å². The number of hydrogen-bond acceptors (Lipinski definition) is 3. The fraction of sp³-hybridized carbons (Fsp3) is 0.727. The van der Waals surface area contributed by atoms with Crippen LogP contribution in [0.4, 0.5) is 0 Å². The van der Waals surface area contributed by atoms with Crippen LogP contribution in [0.25, 0.3) is 0 Å². The molecule has 1 aliphatic heterocycles. The second-order valence-corrected chi connectivity index (χ2v) is 4.28. The van der Waals surface area contributed by atoms with Gasteiger partial charge in [0.2, 0.25) is 11.8 Å². The Morgan fingerprint density at radius 3 is 2.65 bits per heavy atom. The van der Waals surface area contributed by atoms with Gasteiger partial charge in [-0.1, -0.05) is 6.92 Å². The Morgan fingerprint density at radius 2 is 2.24 bits per heavy atom. The van der Waals surface area contributed by atoms with Crippen molar-refractivity contribution in [3.05, 3.63) is 0 Å². The summed E-state index contributed by atoms with van der Waals surface area (Å²) < 4.78 is 0. The van der Waals surface area contributed by atoms with Gasteiger partial charge in [-0.25, -0.2) is 0 Å². The molecule has 0 aliphatic carbocycles. The first-order chi connectivity index (χ1) is 7.95. The molecule has 0 aromatic carbocycles. The molecule has 0 aromatic heterocycles. The minimum Gasteiger partial charge on any atom is -0.480 e. The normalized spacial score (nSPS) is 20.8. The molecule has 0 bridgehead atoms. The molecule has 1 fully saturated rings. The molecule has 6 heteroatoms. The number of carbonyl (C=O) groups is 3. The van der Waals surface area contributed by atoms with Gasteiger partial charge in [-0.15, -0.1) is 0 Å². The summed E-state index contributed by atoms with van der Waals surface area (Å²) in [4.78, 5) is 35.2. The molecule has 1 saturated heterocycles. The molecule has 0 saturated carbocycles. The van der Waals surface area contributed by atoms with E-state index in [0.29, 0.717) is 19.3 Å². The Kier molecular flexibility index (Phi) is 4.48. The number of carbonyl (C=O) groups excluding carboxylic acids is 2. The predicted octanol–water partition coefficient (Wildman–Crippen LogP) is -0.0233. The summed E-state index contributed by atoms with van der Waals surface area (Å²) in [6.45, 7) is 3.37. The highest BCUT2D eigenvalue weighted by Crippen LogP contribution is 2.13. The zero-order valence-corrected chi connectivity index (χ0v) is 10.1. The van der Waals surface area contributed by atoms with Crippen molar-refractivity contribution in [2.75, 3.05) is 6.54 Å². The van der Waals surface area contributed by atoms with Crippen molar-refractivity contribution in [3.63, 3.8) is 0 Å². The molecular formula is C11H18N2O4. The Balaban J connectivity index is 2.71. The first kappa shape index (κ1) is 13.5. The quantitative estimate of drug-likeness (QED) is 0.709. The summed E-state index contributed by atoms with van der Waals surface area (Å²) in [6, 6.07) is -0.702. The number of rotatable bonds is 5. The van der Waals surface area contributed by atoms with Crippen molar-refractivity contribution < 1.29 is 19.5 Å². The van der Waals surface area contributed by atoms with E-state index in [2.05, 4.69) is 5.32 Å². The van der Waals surface area contributed by atoms with Crippen molar-refractivity contribution in [3.8, 4) is 0 Å². The number of hydrogen-bond donors (Lipinski definition) is 2. The monoisotopic (exact) mass is 242 g/mol. The summed E-state index contributed by atoms with van der Waals surface area (Å²) in [5.41, 5.74) is 0. The highest BCUT2D eigenvalue weighted by Gasteiger charge is 2.33. The zero-order chi connectivity index (χ0) is 13.0. The average Bonchev–Trinajstić information content (AvgIpc) is 2.70. The lowest BCUT2D eigenvalue weighted by Crippen LogP contribution is -2.49. The lowest BCUT2D eigenvalue weighted by atomic mass is 10.1. The Labute approximate surface area is 100.0 Å². The van der Waals surface area contributed by atoms with E-state index < -0.39 is 12.0 Å². The number of amides is 2. The Bertz CT molecular complexity index is 329. The summed E-state index contributed by atoms with van der Waals surface area (Å²) in [6.07, 6.45) is 1.46. The molecule has 2 atom stereocenters. The Hall–Kier alpha value is -1.59. The van der Waals surface area contributed by atoms with Crippen molar-refractivity contribution >= 4 is 17.8 Å². The molecule has 0 aromatic rings. The van der Waals surface area contributed by atoms with E-state index in [-0.39, 0.29) is 24.4 Å². The van der Waals surface area contributed by atoms with Crippen LogP contribution in [0.3, 0.4) is 0 Å². The smallest absolute Gasteiger partial charge is 0.323 e. The fourth-order valence-electron chi connectivity index (χ4n) is 1.82. The van der Waals surface area contributed by atoms with Gasteiger partial charge in [-0.3, -0.25) is 14.4 Å². The fourth-order valence-corrected chi connectivity index (χ4v) is 1.82. The van der Waals surface area contributed by atoms with Crippen molar-refractivity contribution in [2.24, 2.45) is 0 Å². The highest BCUT2D eigenvalue weighted by molar-refractivity contribution is 5.92. The third-order valence-electron chi connectivity index (χ3n) is 3.00. The lowest BCUT2D eigenvalue weighted by Gasteiger charge is -2.29. The van der Waals surface area contributed by atoms with Gasteiger partial charge < -0.3 is 15.3 Å². The number of nitrogens with zero attached hydrogens (tertiary/aromatic N) is 1. The molecule has 1 heterocycles. The van der Waals surface area contributed by atoms with E-state index in [9.17, 15) is 14.4 Å². The van der Waals surface area contributed by atoms with E-state index in [4.69, 9.17) is 5.11 Å². The van der Waals surface area contributed by atoms with Gasteiger partial charge in [0.1, 0.15) is 12.6 Å². The number of aliphatic carboxylic acids is 1. The standard InChI is InChI=1S/C11H18N2O4/c1-3-7(2)13(6-10(15)16)11(17)8-4-5-9(14)12-8/h7-8H,3-6H2,1-2H3,(H,12,14)(H,15,16)/t7?,8-/m1/s1. The van der Waals surface area contributed by atoms with Crippen LogP contribution in [0, 0.1) is 0 Å². The minimum absolute atomic E-state index is 0.142. The summed E-state index contributed by atoms with van der Waals surface area (Å²) in [7, 11) is 0. The maximum atomic E-state index is 12.1. The first-order valence-electron chi connectivity index (χ1n) is 5.77. The Morgan fingerprint density at radius 1 is 1.59 bits per heavy atom. The zero-order valence-electron chi connectivity index (χ0n) is 10.1. The van der Waals surface area contributed by atoms with Gasteiger partial charge in [0, 0.05) is 12.5 Å². The molecule has 0 radical (unpaired) electrons. The molecule has 6 nitrogen and oxygen atoms in total.